The molecule has 4 nitrogen and oxygen atoms in total. The summed E-state index contributed by atoms with van der Waals surface area (Å²) in [5.41, 5.74) is 8.85. The summed E-state index contributed by atoms with van der Waals surface area (Å²) in [7, 11) is 1.61. The molecule has 2 atom stereocenters. The van der Waals surface area contributed by atoms with Crippen molar-refractivity contribution < 1.29 is 9.53 Å². The van der Waals surface area contributed by atoms with Crippen molar-refractivity contribution in [2.45, 2.75) is 45.7 Å². The number of amides is 1. The lowest BCUT2D eigenvalue weighted by Gasteiger charge is -2.36. The molecule has 1 aliphatic heterocycles. The van der Waals surface area contributed by atoms with E-state index in [1.807, 2.05) is 30.9 Å². The van der Waals surface area contributed by atoms with Crippen LogP contribution in [0.4, 0.5) is 0 Å². The first-order valence-corrected chi connectivity index (χ1v) is 7.15. The second-order valence-electron chi connectivity index (χ2n) is 5.77. The summed E-state index contributed by atoms with van der Waals surface area (Å²) in [6.07, 6.45) is 1.72. The zero-order valence-electron chi connectivity index (χ0n) is 12.8. The average Bonchev–Trinajstić information content (AvgIpc) is 2.40. The number of benzene rings is 1. The summed E-state index contributed by atoms with van der Waals surface area (Å²) < 4.78 is 5.38. The number of carbonyl (C=O) groups excluding carboxylic acids is 1. The molecule has 1 amide bonds. The van der Waals surface area contributed by atoms with E-state index in [-0.39, 0.29) is 18.0 Å². The molecule has 1 aliphatic rings. The molecular weight excluding hydrogens is 252 g/mol. The van der Waals surface area contributed by atoms with E-state index in [0.29, 0.717) is 11.3 Å². The highest BCUT2D eigenvalue weighted by Crippen LogP contribution is 2.27. The molecule has 0 unspecified atom stereocenters. The molecule has 1 aromatic carbocycles. The largest absolute Gasteiger partial charge is 0.496 e. The van der Waals surface area contributed by atoms with Crippen LogP contribution in [0.5, 0.6) is 5.75 Å². The number of carbonyl (C=O) groups is 1. The lowest BCUT2D eigenvalue weighted by Crippen LogP contribution is -2.48. The SMILES string of the molecule is COc1cc(C)c(C)cc1C(=O)N1CC[C@@H](N)C[C@H]1C. The van der Waals surface area contributed by atoms with E-state index in [2.05, 4.69) is 6.92 Å². The number of ether oxygens (including phenoxy) is 1. The van der Waals surface area contributed by atoms with Crippen LogP contribution in [0.15, 0.2) is 12.1 Å². The number of aryl methyl sites for hydroxylation is 2. The Morgan fingerprint density at radius 1 is 1.35 bits per heavy atom. The molecule has 0 saturated carbocycles. The van der Waals surface area contributed by atoms with E-state index in [1.165, 1.54) is 0 Å². The Morgan fingerprint density at radius 2 is 2.00 bits per heavy atom. The van der Waals surface area contributed by atoms with Gasteiger partial charge >= 0.3 is 0 Å². The third kappa shape index (κ3) is 2.80. The van der Waals surface area contributed by atoms with Gasteiger partial charge in [-0.3, -0.25) is 4.79 Å². The lowest BCUT2D eigenvalue weighted by atomic mass is 9.97. The fourth-order valence-electron chi connectivity index (χ4n) is 2.79. The van der Waals surface area contributed by atoms with Crippen LogP contribution < -0.4 is 10.5 Å². The maximum Gasteiger partial charge on any atom is 0.257 e. The zero-order chi connectivity index (χ0) is 14.9. The molecule has 0 spiro atoms. The second kappa shape index (κ2) is 5.83. The van der Waals surface area contributed by atoms with Gasteiger partial charge in [0.2, 0.25) is 0 Å². The zero-order valence-corrected chi connectivity index (χ0v) is 12.8. The van der Waals surface area contributed by atoms with Gasteiger partial charge in [0, 0.05) is 18.6 Å². The van der Waals surface area contributed by atoms with Gasteiger partial charge in [-0.2, -0.15) is 0 Å². The Labute approximate surface area is 120 Å². The van der Waals surface area contributed by atoms with Gasteiger partial charge < -0.3 is 15.4 Å². The van der Waals surface area contributed by atoms with Gasteiger partial charge in [0.1, 0.15) is 5.75 Å². The van der Waals surface area contributed by atoms with Gasteiger partial charge in [0.25, 0.3) is 5.91 Å². The molecule has 20 heavy (non-hydrogen) atoms. The highest BCUT2D eigenvalue weighted by atomic mass is 16.5. The number of methoxy groups -OCH3 is 1. The molecular formula is C16H24N2O2. The van der Waals surface area contributed by atoms with E-state index in [1.54, 1.807) is 7.11 Å². The Kier molecular flexibility index (Phi) is 4.33. The van der Waals surface area contributed by atoms with E-state index in [9.17, 15) is 4.79 Å². The summed E-state index contributed by atoms with van der Waals surface area (Å²) in [6, 6.07) is 4.24. The number of hydrogen-bond donors (Lipinski definition) is 1. The third-order valence-electron chi connectivity index (χ3n) is 4.22. The van der Waals surface area contributed by atoms with Crippen LogP contribution in [0.25, 0.3) is 0 Å². The predicted molar refractivity (Wildman–Crippen MR) is 80.2 cm³/mol. The van der Waals surface area contributed by atoms with Crippen LogP contribution in [0, 0.1) is 13.8 Å². The van der Waals surface area contributed by atoms with Gasteiger partial charge in [-0.1, -0.05) is 0 Å². The number of rotatable bonds is 2. The number of nitrogens with zero attached hydrogens (tertiary/aromatic N) is 1. The minimum Gasteiger partial charge on any atom is -0.496 e. The minimum absolute atomic E-state index is 0.0457. The van der Waals surface area contributed by atoms with Crippen molar-refractivity contribution in [3.8, 4) is 5.75 Å². The van der Waals surface area contributed by atoms with Gasteiger partial charge in [0.05, 0.1) is 12.7 Å². The van der Waals surface area contributed by atoms with E-state index >= 15 is 0 Å². The summed E-state index contributed by atoms with van der Waals surface area (Å²) in [4.78, 5) is 14.7. The lowest BCUT2D eigenvalue weighted by molar-refractivity contribution is 0.0615. The molecule has 0 aliphatic carbocycles. The van der Waals surface area contributed by atoms with Crippen LogP contribution in [0.3, 0.4) is 0 Å². The van der Waals surface area contributed by atoms with Gasteiger partial charge in [-0.15, -0.1) is 0 Å². The van der Waals surface area contributed by atoms with Gasteiger partial charge in [-0.25, -0.2) is 0 Å². The van der Waals surface area contributed by atoms with Crippen molar-refractivity contribution in [3.05, 3.63) is 28.8 Å². The second-order valence-corrected chi connectivity index (χ2v) is 5.77. The highest BCUT2D eigenvalue weighted by molar-refractivity contribution is 5.97. The fourth-order valence-corrected chi connectivity index (χ4v) is 2.79. The normalized spacial score (nSPS) is 22.8. The van der Waals surface area contributed by atoms with Crippen molar-refractivity contribution in [2.75, 3.05) is 13.7 Å². The summed E-state index contributed by atoms with van der Waals surface area (Å²) in [5.74, 6) is 0.699. The molecule has 2 rings (SSSR count). The summed E-state index contributed by atoms with van der Waals surface area (Å²) >= 11 is 0. The van der Waals surface area contributed by atoms with Crippen molar-refractivity contribution in [2.24, 2.45) is 5.73 Å². The fraction of sp³-hybridized carbons (Fsp3) is 0.562. The van der Waals surface area contributed by atoms with Gasteiger partial charge in [0.15, 0.2) is 0 Å². The molecule has 0 bridgehead atoms. The molecule has 1 saturated heterocycles. The Bertz CT molecular complexity index is 513. The molecule has 2 N–H and O–H groups in total. The predicted octanol–water partition coefficient (Wildman–Crippen LogP) is 2.26. The Balaban J connectivity index is 2.31. The molecule has 0 radical (unpaired) electrons. The Morgan fingerprint density at radius 3 is 2.60 bits per heavy atom. The van der Waals surface area contributed by atoms with E-state index in [4.69, 9.17) is 10.5 Å². The first kappa shape index (κ1) is 14.9. The maximum absolute atomic E-state index is 12.8. The monoisotopic (exact) mass is 276 g/mol. The Hall–Kier alpha value is -1.55. The van der Waals surface area contributed by atoms with Crippen LogP contribution in [0.2, 0.25) is 0 Å². The molecule has 110 valence electrons. The number of piperidine rings is 1. The minimum atomic E-state index is 0.0457. The molecule has 0 aromatic heterocycles. The third-order valence-corrected chi connectivity index (χ3v) is 4.22. The number of likely N-dealkylation sites (tertiary alicyclic amines) is 1. The first-order chi connectivity index (χ1) is 9.43. The summed E-state index contributed by atoms with van der Waals surface area (Å²) in [5, 5.41) is 0. The van der Waals surface area contributed by atoms with Crippen LogP contribution in [-0.2, 0) is 0 Å². The average molecular weight is 276 g/mol. The molecule has 4 heteroatoms. The highest BCUT2D eigenvalue weighted by Gasteiger charge is 2.29. The van der Waals surface area contributed by atoms with Crippen molar-refractivity contribution in [3.63, 3.8) is 0 Å². The topological polar surface area (TPSA) is 55.6 Å². The van der Waals surface area contributed by atoms with E-state index in [0.717, 1.165) is 30.5 Å². The quantitative estimate of drug-likeness (QED) is 0.901. The van der Waals surface area contributed by atoms with Crippen LogP contribution >= 0.6 is 0 Å². The standard InChI is InChI=1S/C16H24N2O2/c1-10-7-14(15(20-4)8-11(10)2)16(19)18-6-5-13(17)9-12(18)3/h7-8,12-13H,5-6,9,17H2,1-4H3/t12-,13-/m1/s1. The van der Waals surface area contributed by atoms with Crippen molar-refractivity contribution in [1.82, 2.24) is 4.90 Å². The number of nitrogens with two attached hydrogens (primary N) is 1. The van der Waals surface area contributed by atoms with E-state index < -0.39 is 0 Å². The molecule has 1 fully saturated rings. The van der Waals surface area contributed by atoms with Crippen LogP contribution in [0.1, 0.15) is 41.3 Å². The first-order valence-electron chi connectivity index (χ1n) is 7.15. The smallest absolute Gasteiger partial charge is 0.257 e. The summed E-state index contributed by atoms with van der Waals surface area (Å²) in [6.45, 7) is 6.82. The molecule has 1 aromatic rings. The van der Waals surface area contributed by atoms with Crippen molar-refractivity contribution in [1.29, 1.82) is 0 Å². The van der Waals surface area contributed by atoms with Gasteiger partial charge in [-0.05, 0) is 56.9 Å². The molecule has 1 heterocycles. The number of hydrogen-bond acceptors (Lipinski definition) is 3. The van der Waals surface area contributed by atoms with Crippen LogP contribution in [-0.4, -0.2) is 36.5 Å². The maximum atomic E-state index is 12.8. The van der Waals surface area contributed by atoms with Crippen molar-refractivity contribution >= 4 is 5.91 Å².